The Morgan fingerprint density at radius 1 is 1.37 bits per heavy atom. The van der Waals surface area contributed by atoms with Crippen LogP contribution in [0.3, 0.4) is 0 Å². The van der Waals surface area contributed by atoms with E-state index >= 15 is 0 Å². The third-order valence-electron chi connectivity index (χ3n) is 3.52. The van der Waals surface area contributed by atoms with Crippen molar-refractivity contribution in [2.45, 2.75) is 6.92 Å². The lowest BCUT2D eigenvalue weighted by molar-refractivity contribution is -0.386. The highest BCUT2D eigenvalue weighted by atomic mass is 32.1. The largest absolute Gasteiger partial charge is 0.500 e. The van der Waals surface area contributed by atoms with E-state index in [1.165, 1.54) is 29.7 Å². The van der Waals surface area contributed by atoms with E-state index in [4.69, 9.17) is 4.74 Å². The van der Waals surface area contributed by atoms with Crippen molar-refractivity contribution in [1.29, 1.82) is 0 Å². The van der Waals surface area contributed by atoms with Gasteiger partial charge in [0, 0.05) is 22.6 Å². The van der Waals surface area contributed by atoms with Gasteiger partial charge in [0.1, 0.15) is 0 Å². The Kier molecular flexibility index (Phi) is 5.62. The van der Waals surface area contributed by atoms with Gasteiger partial charge >= 0.3 is 5.69 Å². The highest BCUT2D eigenvalue weighted by Gasteiger charge is 2.19. The number of thiazole rings is 1. The number of hydrogen-bond acceptors (Lipinski definition) is 8. The van der Waals surface area contributed by atoms with Crippen molar-refractivity contribution in [3.63, 3.8) is 0 Å². The highest BCUT2D eigenvalue weighted by Crippen LogP contribution is 2.36. The fourth-order valence-electron chi connectivity index (χ4n) is 2.32. The molecule has 0 amide bonds. The molecule has 0 fully saturated rings. The summed E-state index contributed by atoms with van der Waals surface area (Å²) in [4.78, 5) is 14.9. The van der Waals surface area contributed by atoms with Crippen molar-refractivity contribution in [2.24, 2.45) is 5.10 Å². The molecule has 0 unspecified atom stereocenters. The van der Waals surface area contributed by atoms with E-state index in [1.807, 2.05) is 35.7 Å². The zero-order valence-corrected chi connectivity index (χ0v) is 15.1. The molecule has 0 bridgehead atoms. The first-order valence-electron chi connectivity index (χ1n) is 8.02. The van der Waals surface area contributed by atoms with E-state index in [1.54, 1.807) is 6.92 Å². The highest BCUT2D eigenvalue weighted by molar-refractivity contribution is 7.14. The van der Waals surface area contributed by atoms with Crippen LogP contribution in [0.15, 0.2) is 52.9 Å². The fourth-order valence-corrected chi connectivity index (χ4v) is 2.99. The molecule has 0 saturated carbocycles. The van der Waals surface area contributed by atoms with Crippen molar-refractivity contribution in [2.75, 3.05) is 12.0 Å². The van der Waals surface area contributed by atoms with Crippen molar-refractivity contribution >= 4 is 28.4 Å². The van der Waals surface area contributed by atoms with Gasteiger partial charge in [-0.3, -0.25) is 15.5 Å². The number of hydrazone groups is 1. The summed E-state index contributed by atoms with van der Waals surface area (Å²) < 4.78 is 5.24. The maximum absolute atomic E-state index is 11.1. The predicted molar refractivity (Wildman–Crippen MR) is 105 cm³/mol. The van der Waals surface area contributed by atoms with Gasteiger partial charge in [-0.05, 0) is 13.0 Å². The van der Waals surface area contributed by atoms with Crippen molar-refractivity contribution in [3.05, 3.63) is 63.5 Å². The number of rotatable bonds is 7. The number of phenolic OH excluding ortho intramolecular Hbond substituents is 1. The van der Waals surface area contributed by atoms with Crippen LogP contribution in [0, 0.1) is 10.1 Å². The number of nitro groups is 1. The minimum absolute atomic E-state index is 0.0359. The van der Waals surface area contributed by atoms with Gasteiger partial charge in [-0.2, -0.15) is 5.10 Å². The molecule has 2 aromatic carbocycles. The van der Waals surface area contributed by atoms with E-state index in [9.17, 15) is 15.2 Å². The summed E-state index contributed by atoms with van der Waals surface area (Å²) >= 11 is 1.39. The molecule has 2 N–H and O–H groups in total. The number of nitrogens with zero attached hydrogens (tertiary/aromatic N) is 3. The fraction of sp³-hybridized carbons (Fsp3) is 0.111. The molecular weight excluding hydrogens is 368 g/mol. The van der Waals surface area contributed by atoms with E-state index in [0.29, 0.717) is 10.7 Å². The van der Waals surface area contributed by atoms with Crippen molar-refractivity contribution in [3.8, 4) is 22.8 Å². The monoisotopic (exact) mass is 384 g/mol. The lowest BCUT2D eigenvalue weighted by Gasteiger charge is -2.07. The third kappa shape index (κ3) is 4.39. The lowest BCUT2D eigenvalue weighted by Crippen LogP contribution is -1.98. The van der Waals surface area contributed by atoms with Crippen LogP contribution in [0.25, 0.3) is 11.3 Å². The van der Waals surface area contributed by atoms with Crippen LogP contribution in [-0.4, -0.2) is 27.8 Å². The molecule has 8 nitrogen and oxygen atoms in total. The first-order valence-corrected chi connectivity index (χ1v) is 8.90. The van der Waals surface area contributed by atoms with Crippen LogP contribution >= 0.6 is 11.3 Å². The topological polar surface area (TPSA) is 110 Å². The molecule has 27 heavy (non-hydrogen) atoms. The maximum atomic E-state index is 11.1. The second-order valence-electron chi connectivity index (χ2n) is 5.35. The number of nitrogens with one attached hydrogen (secondary N) is 1. The molecule has 0 aliphatic carbocycles. The van der Waals surface area contributed by atoms with Crippen LogP contribution < -0.4 is 10.2 Å². The summed E-state index contributed by atoms with van der Waals surface area (Å²) in [6.07, 6.45) is 1.40. The van der Waals surface area contributed by atoms with Gasteiger partial charge in [-0.15, -0.1) is 11.3 Å². The van der Waals surface area contributed by atoms with Crippen molar-refractivity contribution in [1.82, 2.24) is 4.98 Å². The number of aromatic nitrogens is 1. The van der Waals surface area contributed by atoms with Crippen molar-refractivity contribution < 1.29 is 14.8 Å². The number of phenols is 1. The van der Waals surface area contributed by atoms with Crippen LogP contribution in [0.4, 0.5) is 10.8 Å². The Labute approximate surface area is 158 Å². The minimum atomic E-state index is -0.671. The van der Waals surface area contributed by atoms with Gasteiger partial charge in [-0.1, -0.05) is 30.3 Å². The molecule has 0 atom stereocenters. The predicted octanol–water partition coefficient (Wildman–Crippen LogP) is 4.27. The normalized spacial score (nSPS) is 10.9. The average Bonchev–Trinajstić information content (AvgIpc) is 3.14. The molecular formula is C18H16N4O4S. The minimum Gasteiger partial charge on any atom is -0.500 e. The molecule has 0 spiro atoms. The molecule has 138 valence electrons. The van der Waals surface area contributed by atoms with Gasteiger partial charge in [0.25, 0.3) is 0 Å². The van der Waals surface area contributed by atoms with Crippen LogP contribution in [-0.2, 0) is 0 Å². The van der Waals surface area contributed by atoms with Gasteiger partial charge in [-0.25, -0.2) is 4.98 Å². The number of hydrogen-bond donors (Lipinski definition) is 2. The Hall–Kier alpha value is -3.46. The summed E-state index contributed by atoms with van der Waals surface area (Å²) in [6, 6.07) is 12.4. The third-order valence-corrected chi connectivity index (χ3v) is 4.27. The number of aromatic hydroxyl groups is 1. The maximum Gasteiger partial charge on any atom is 0.315 e. The van der Waals surface area contributed by atoms with E-state index < -0.39 is 16.4 Å². The smallest absolute Gasteiger partial charge is 0.315 e. The zero-order valence-electron chi connectivity index (χ0n) is 14.3. The Bertz CT molecular complexity index is 973. The number of nitro benzene ring substituents is 1. The lowest BCUT2D eigenvalue weighted by atomic mass is 10.2. The number of ether oxygens (including phenoxy) is 1. The summed E-state index contributed by atoms with van der Waals surface area (Å²) in [5.74, 6) is -0.465. The Morgan fingerprint density at radius 3 is 2.85 bits per heavy atom. The van der Waals surface area contributed by atoms with Crippen LogP contribution in [0.5, 0.6) is 11.5 Å². The molecule has 1 aromatic heterocycles. The summed E-state index contributed by atoms with van der Waals surface area (Å²) in [5, 5.41) is 27.5. The first kappa shape index (κ1) is 18.3. The van der Waals surface area contributed by atoms with Gasteiger partial charge in [0.15, 0.2) is 5.75 Å². The van der Waals surface area contributed by atoms with E-state index in [2.05, 4.69) is 15.5 Å². The summed E-state index contributed by atoms with van der Waals surface area (Å²) in [7, 11) is 0. The number of benzene rings is 2. The second-order valence-corrected chi connectivity index (χ2v) is 6.21. The molecule has 3 aromatic rings. The summed E-state index contributed by atoms with van der Waals surface area (Å²) in [5.41, 5.74) is 4.60. The Morgan fingerprint density at radius 2 is 2.15 bits per heavy atom. The van der Waals surface area contributed by atoms with Crippen LogP contribution in [0.2, 0.25) is 0 Å². The molecule has 0 radical (unpaired) electrons. The first-order chi connectivity index (χ1) is 13.1. The molecule has 1 heterocycles. The molecule has 0 aliphatic rings. The molecule has 9 heteroatoms. The standard InChI is InChI=1S/C18H16N4O4S/c1-2-26-16-9-12(8-15(17(16)23)22(24)25)10-19-21-18-20-14(11-27-18)13-6-4-3-5-7-13/h3-11,23H,2H2,1H3,(H,20,21)/b19-10-. The summed E-state index contributed by atoms with van der Waals surface area (Å²) in [6.45, 7) is 1.99. The average molecular weight is 384 g/mol. The zero-order chi connectivity index (χ0) is 19.2. The molecule has 0 saturated heterocycles. The van der Waals surface area contributed by atoms with Gasteiger partial charge in [0.2, 0.25) is 10.9 Å². The van der Waals surface area contributed by atoms with Gasteiger partial charge in [0.05, 0.1) is 23.4 Å². The van der Waals surface area contributed by atoms with E-state index in [-0.39, 0.29) is 12.4 Å². The second kappa shape index (κ2) is 8.28. The Balaban J connectivity index is 1.76. The number of anilines is 1. The molecule has 0 aliphatic heterocycles. The SMILES string of the molecule is CCOc1cc(/C=N\Nc2nc(-c3ccccc3)cs2)cc([N+](=O)[O-])c1O. The van der Waals surface area contributed by atoms with Crippen LogP contribution in [0.1, 0.15) is 12.5 Å². The van der Waals surface area contributed by atoms with Gasteiger partial charge < -0.3 is 9.84 Å². The van der Waals surface area contributed by atoms with E-state index in [0.717, 1.165) is 11.3 Å². The molecule has 3 rings (SSSR count). The quantitative estimate of drug-likeness (QED) is 0.358.